The summed E-state index contributed by atoms with van der Waals surface area (Å²) in [7, 11) is 0. The lowest BCUT2D eigenvalue weighted by Gasteiger charge is -2.17. The number of benzene rings is 1. The van der Waals surface area contributed by atoms with Crippen molar-refractivity contribution in [1.29, 1.82) is 0 Å². The van der Waals surface area contributed by atoms with Crippen LogP contribution in [0.1, 0.15) is 12.0 Å². The predicted molar refractivity (Wildman–Crippen MR) is 67.6 cm³/mol. The normalized spacial score (nSPS) is 15.2. The summed E-state index contributed by atoms with van der Waals surface area (Å²) in [6.07, 6.45) is 6.65. The van der Waals surface area contributed by atoms with Crippen molar-refractivity contribution in [3.63, 3.8) is 0 Å². The first-order chi connectivity index (χ1) is 8.45. The van der Waals surface area contributed by atoms with Crippen LogP contribution >= 0.6 is 0 Å². The number of rotatable bonds is 2. The quantitative estimate of drug-likeness (QED) is 0.845. The van der Waals surface area contributed by atoms with Crippen molar-refractivity contribution in [1.82, 2.24) is 14.9 Å². The third-order valence-electron chi connectivity index (χ3n) is 2.84. The minimum atomic E-state index is 0.903. The summed E-state index contributed by atoms with van der Waals surface area (Å²) in [5.41, 5.74) is 2.24. The molecule has 0 atom stereocenters. The van der Waals surface area contributed by atoms with E-state index < -0.39 is 0 Å². The van der Waals surface area contributed by atoms with Gasteiger partial charge in [-0.15, -0.1) is 0 Å². The van der Waals surface area contributed by atoms with Crippen molar-refractivity contribution in [3.05, 3.63) is 48.5 Å². The van der Waals surface area contributed by atoms with Crippen LogP contribution in [0.3, 0.4) is 0 Å². The summed E-state index contributed by atoms with van der Waals surface area (Å²) in [6.45, 7) is 1.90. The molecule has 0 radical (unpaired) electrons. The molecular weight excluding hydrogens is 212 g/mol. The van der Waals surface area contributed by atoms with Gasteiger partial charge in [-0.2, -0.15) is 0 Å². The van der Waals surface area contributed by atoms with E-state index >= 15 is 0 Å². The second-order valence-corrected chi connectivity index (χ2v) is 4.00. The Kier molecular flexibility index (Phi) is 2.62. The molecule has 0 fully saturated rings. The van der Waals surface area contributed by atoms with Crippen LogP contribution in [0, 0.1) is 0 Å². The maximum Gasteiger partial charge on any atom is 0.130 e. The van der Waals surface area contributed by atoms with Crippen molar-refractivity contribution >= 4 is 5.84 Å². The van der Waals surface area contributed by atoms with E-state index in [0.717, 1.165) is 36.6 Å². The average molecular weight is 226 g/mol. The number of aliphatic imine (C=N–C) groups is 1. The van der Waals surface area contributed by atoms with E-state index in [9.17, 15) is 0 Å². The third-order valence-corrected chi connectivity index (χ3v) is 2.84. The first-order valence-corrected chi connectivity index (χ1v) is 5.81. The number of hydrogen-bond donors (Lipinski definition) is 1. The van der Waals surface area contributed by atoms with Crippen molar-refractivity contribution in [2.24, 2.45) is 4.99 Å². The molecule has 0 unspecified atom stereocenters. The van der Waals surface area contributed by atoms with Crippen LogP contribution < -0.4 is 5.32 Å². The summed E-state index contributed by atoms with van der Waals surface area (Å²) in [5, 5.41) is 3.35. The highest BCUT2D eigenvalue weighted by Crippen LogP contribution is 2.15. The highest BCUT2D eigenvalue weighted by Gasteiger charge is 2.11. The van der Waals surface area contributed by atoms with E-state index in [1.165, 1.54) is 0 Å². The van der Waals surface area contributed by atoms with Crippen molar-refractivity contribution < 1.29 is 0 Å². The average Bonchev–Trinajstić information content (AvgIpc) is 2.94. The van der Waals surface area contributed by atoms with Gasteiger partial charge in [0.05, 0.1) is 12.0 Å². The molecule has 1 aromatic heterocycles. The Hall–Kier alpha value is -2.10. The molecule has 0 bridgehead atoms. The lowest BCUT2D eigenvalue weighted by molar-refractivity contribution is 0.742. The number of para-hydroxylation sites is 1. The van der Waals surface area contributed by atoms with Gasteiger partial charge >= 0.3 is 0 Å². The Balaban J connectivity index is 2.07. The third kappa shape index (κ3) is 1.93. The molecule has 4 heteroatoms. The molecule has 1 aromatic carbocycles. The predicted octanol–water partition coefficient (Wildman–Crippen LogP) is 1.61. The van der Waals surface area contributed by atoms with Crippen molar-refractivity contribution in [3.8, 4) is 5.69 Å². The van der Waals surface area contributed by atoms with Gasteiger partial charge in [-0.25, -0.2) is 4.98 Å². The van der Waals surface area contributed by atoms with E-state index in [2.05, 4.69) is 27.4 Å². The van der Waals surface area contributed by atoms with Gasteiger partial charge in [0.25, 0.3) is 0 Å². The second kappa shape index (κ2) is 4.41. The lowest BCUT2D eigenvalue weighted by Crippen LogP contribution is -2.31. The van der Waals surface area contributed by atoms with E-state index in [-0.39, 0.29) is 0 Å². The largest absolute Gasteiger partial charge is 0.370 e. The Bertz CT molecular complexity index is 528. The summed E-state index contributed by atoms with van der Waals surface area (Å²) in [4.78, 5) is 8.63. The Labute approximate surface area is 100 Å². The lowest BCUT2D eigenvalue weighted by atomic mass is 10.1. The van der Waals surface area contributed by atoms with E-state index in [0.29, 0.717) is 0 Å². The molecule has 86 valence electrons. The maximum absolute atomic E-state index is 4.54. The van der Waals surface area contributed by atoms with Crippen LogP contribution in [-0.2, 0) is 0 Å². The number of imidazole rings is 1. The monoisotopic (exact) mass is 226 g/mol. The zero-order valence-electron chi connectivity index (χ0n) is 9.50. The molecule has 0 aliphatic carbocycles. The summed E-state index contributed by atoms with van der Waals surface area (Å²) >= 11 is 0. The maximum atomic E-state index is 4.54. The van der Waals surface area contributed by atoms with Gasteiger partial charge in [-0.05, 0) is 18.6 Å². The van der Waals surface area contributed by atoms with E-state index in [1.807, 2.05) is 29.2 Å². The summed E-state index contributed by atoms with van der Waals surface area (Å²) < 4.78 is 2.01. The van der Waals surface area contributed by atoms with Gasteiger partial charge in [-0.1, -0.05) is 12.1 Å². The van der Waals surface area contributed by atoms with Crippen LogP contribution in [0.15, 0.2) is 48.0 Å². The smallest absolute Gasteiger partial charge is 0.130 e. The first-order valence-electron chi connectivity index (χ1n) is 5.81. The zero-order chi connectivity index (χ0) is 11.5. The fraction of sp³-hybridized carbons (Fsp3) is 0.231. The topological polar surface area (TPSA) is 42.2 Å². The molecule has 1 aliphatic heterocycles. The number of amidine groups is 1. The Morgan fingerprint density at radius 1 is 1.24 bits per heavy atom. The van der Waals surface area contributed by atoms with E-state index in [4.69, 9.17) is 0 Å². The molecule has 2 heterocycles. The number of hydrogen-bond acceptors (Lipinski definition) is 3. The molecule has 3 rings (SSSR count). The van der Waals surface area contributed by atoms with Gasteiger partial charge in [0.2, 0.25) is 0 Å². The molecule has 2 aromatic rings. The zero-order valence-corrected chi connectivity index (χ0v) is 9.50. The Morgan fingerprint density at radius 2 is 2.18 bits per heavy atom. The first kappa shape index (κ1) is 10.1. The molecule has 1 N–H and O–H groups in total. The molecule has 0 saturated carbocycles. The second-order valence-electron chi connectivity index (χ2n) is 4.00. The number of aromatic nitrogens is 2. The molecule has 1 aliphatic rings. The number of nitrogens with zero attached hydrogens (tertiary/aromatic N) is 3. The molecule has 0 saturated heterocycles. The molecule has 0 amide bonds. The SMILES string of the molecule is c1ccc(-n2ccnc2)c(C2=NCCCN2)c1. The van der Waals surface area contributed by atoms with Crippen molar-refractivity contribution in [2.75, 3.05) is 13.1 Å². The molecule has 0 spiro atoms. The van der Waals surface area contributed by atoms with Crippen LogP contribution in [-0.4, -0.2) is 28.5 Å². The van der Waals surface area contributed by atoms with Gasteiger partial charge in [0, 0.05) is 31.0 Å². The highest BCUT2D eigenvalue weighted by atomic mass is 15.1. The van der Waals surface area contributed by atoms with Crippen molar-refractivity contribution in [2.45, 2.75) is 6.42 Å². The fourth-order valence-corrected chi connectivity index (χ4v) is 2.01. The summed E-state index contributed by atoms with van der Waals surface area (Å²) in [5.74, 6) is 0.987. The van der Waals surface area contributed by atoms with Gasteiger partial charge in [0.15, 0.2) is 0 Å². The van der Waals surface area contributed by atoms with E-state index in [1.54, 1.807) is 6.20 Å². The van der Waals surface area contributed by atoms with Crippen LogP contribution in [0.2, 0.25) is 0 Å². The highest BCUT2D eigenvalue weighted by molar-refractivity contribution is 6.02. The number of nitrogens with one attached hydrogen (secondary N) is 1. The minimum absolute atomic E-state index is 0.903. The molecule has 17 heavy (non-hydrogen) atoms. The standard InChI is InChI=1S/C13H14N4/c1-2-5-12(17-9-8-14-10-17)11(4-1)13-15-6-3-7-16-13/h1-2,4-5,8-10H,3,6-7H2,(H,15,16). The van der Waals surface area contributed by atoms with Crippen LogP contribution in [0.5, 0.6) is 0 Å². The van der Waals surface area contributed by atoms with Gasteiger partial charge in [-0.3, -0.25) is 4.99 Å². The molecule has 4 nitrogen and oxygen atoms in total. The van der Waals surface area contributed by atoms with Gasteiger partial charge < -0.3 is 9.88 Å². The molecular formula is C13H14N4. The Morgan fingerprint density at radius 3 is 2.94 bits per heavy atom. The summed E-state index contributed by atoms with van der Waals surface area (Å²) in [6, 6.07) is 8.24. The minimum Gasteiger partial charge on any atom is -0.370 e. The fourth-order valence-electron chi connectivity index (χ4n) is 2.01. The van der Waals surface area contributed by atoms with Crippen LogP contribution in [0.4, 0.5) is 0 Å². The van der Waals surface area contributed by atoms with Gasteiger partial charge in [0.1, 0.15) is 5.84 Å². The van der Waals surface area contributed by atoms with Crippen LogP contribution in [0.25, 0.3) is 5.69 Å².